The van der Waals surface area contributed by atoms with E-state index >= 15 is 0 Å². The molecule has 3 N–H and O–H groups in total. The second kappa shape index (κ2) is 11.7. The van der Waals surface area contributed by atoms with Gasteiger partial charge in [-0.05, 0) is 25.2 Å². The van der Waals surface area contributed by atoms with Crippen molar-refractivity contribution in [3.8, 4) is 0 Å². The van der Waals surface area contributed by atoms with E-state index in [4.69, 9.17) is 5.73 Å². The maximum atomic E-state index is 11.6. The minimum absolute atomic E-state index is 0.0369. The van der Waals surface area contributed by atoms with Crippen LogP contribution in [0.4, 0.5) is 0 Å². The van der Waals surface area contributed by atoms with Crippen LogP contribution in [-0.4, -0.2) is 18.4 Å². The molecule has 0 aromatic heterocycles. The summed E-state index contributed by atoms with van der Waals surface area (Å²) in [5, 5.41) is 2.95. The largest absolute Gasteiger partial charge is 0.369 e. The molecule has 2 amide bonds. The molecule has 0 aliphatic heterocycles. The lowest BCUT2D eigenvalue weighted by Gasteiger charge is -2.09. The molecule has 0 rings (SSSR count). The second-order valence-electron chi connectivity index (χ2n) is 5.91. The van der Waals surface area contributed by atoms with Crippen molar-refractivity contribution < 1.29 is 9.59 Å². The third-order valence-corrected chi connectivity index (χ3v) is 3.92. The van der Waals surface area contributed by atoms with Crippen molar-refractivity contribution >= 4 is 11.8 Å². The average Bonchev–Trinajstić information content (AvgIpc) is 2.41. The van der Waals surface area contributed by atoms with Gasteiger partial charge >= 0.3 is 0 Å². The quantitative estimate of drug-likeness (QED) is 0.541. The van der Waals surface area contributed by atoms with E-state index in [1.807, 2.05) is 6.92 Å². The predicted octanol–water partition coefficient (Wildman–Crippen LogP) is 3.00. The molecule has 0 aromatic rings. The van der Waals surface area contributed by atoms with Gasteiger partial charge in [0.1, 0.15) is 0 Å². The molecule has 20 heavy (non-hydrogen) atoms. The minimum atomic E-state index is -0.223. The number of nitrogens with two attached hydrogens (primary N) is 1. The molecule has 0 aromatic carbocycles. The Labute approximate surface area is 123 Å². The SMILES string of the molecule is CC[C@H](C)CCCC(=O)NCCCCC[C@@H](C)C(N)=O. The zero-order valence-corrected chi connectivity index (χ0v) is 13.4. The van der Waals surface area contributed by atoms with Gasteiger partial charge in [0.25, 0.3) is 0 Å². The Morgan fingerprint density at radius 3 is 2.35 bits per heavy atom. The first-order valence-electron chi connectivity index (χ1n) is 8.03. The van der Waals surface area contributed by atoms with Crippen LogP contribution in [0.2, 0.25) is 0 Å². The Bertz CT molecular complexity index is 280. The van der Waals surface area contributed by atoms with Crippen molar-refractivity contribution in [2.45, 2.75) is 72.1 Å². The van der Waals surface area contributed by atoms with Crippen molar-refractivity contribution in [2.24, 2.45) is 17.6 Å². The summed E-state index contributed by atoms with van der Waals surface area (Å²) in [5.74, 6) is 0.624. The van der Waals surface area contributed by atoms with E-state index in [1.165, 1.54) is 6.42 Å². The van der Waals surface area contributed by atoms with Crippen LogP contribution in [0.3, 0.4) is 0 Å². The van der Waals surface area contributed by atoms with Crippen LogP contribution in [-0.2, 0) is 9.59 Å². The van der Waals surface area contributed by atoms with Gasteiger partial charge in [0, 0.05) is 18.9 Å². The summed E-state index contributed by atoms with van der Waals surface area (Å²) in [6, 6.07) is 0. The van der Waals surface area contributed by atoms with Crippen LogP contribution in [0.25, 0.3) is 0 Å². The maximum Gasteiger partial charge on any atom is 0.220 e. The van der Waals surface area contributed by atoms with E-state index in [0.717, 1.165) is 51.0 Å². The average molecular weight is 284 g/mol. The second-order valence-corrected chi connectivity index (χ2v) is 5.91. The van der Waals surface area contributed by atoms with Gasteiger partial charge < -0.3 is 11.1 Å². The zero-order chi connectivity index (χ0) is 15.4. The highest BCUT2D eigenvalue weighted by molar-refractivity contribution is 5.76. The van der Waals surface area contributed by atoms with E-state index in [-0.39, 0.29) is 17.7 Å². The topological polar surface area (TPSA) is 72.2 Å². The summed E-state index contributed by atoms with van der Waals surface area (Å²) < 4.78 is 0. The molecular formula is C16H32N2O2. The molecule has 118 valence electrons. The van der Waals surface area contributed by atoms with Crippen molar-refractivity contribution in [3.05, 3.63) is 0 Å². The van der Waals surface area contributed by atoms with E-state index in [0.29, 0.717) is 6.42 Å². The summed E-state index contributed by atoms with van der Waals surface area (Å²) in [6.45, 7) is 7.02. The van der Waals surface area contributed by atoms with Crippen LogP contribution in [0.15, 0.2) is 0 Å². The fourth-order valence-corrected chi connectivity index (χ4v) is 2.03. The number of rotatable bonds is 12. The van der Waals surface area contributed by atoms with Gasteiger partial charge in [0.15, 0.2) is 0 Å². The third-order valence-electron chi connectivity index (χ3n) is 3.92. The lowest BCUT2D eigenvalue weighted by molar-refractivity contribution is -0.122. The number of hydrogen-bond acceptors (Lipinski definition) is 2. The Morgan fingerprint density at radius 2 is 1.75 bits per heavy atom. The van der Waals surface area contributed by atoms with Crippen LogP contribution in [0.5, 0.6) is 0 Å². The molecule has 4 heteroatoms. The van der Waals surface area contributed by atoms with Gasteiger partial charge in [-0.1, -0.05) is 46.5 Å². The Hall–Kier alpha value is -1.06. The van der Waals surface area contributed by atoms with Gasteiger partial charge in [0.05, 0.1) is 0 Å². The van der Waals surface area contributed by atoms with Gasteiger partial charge in [0.2, 0.25) is 11.8 Å². The van der Waals surface area contributed by atoms with Crippen molar-refractivity contribution in [3.63, 3.8) is 0 Å². The fourth-order valence-electron chi connectivity index (χ4n) is 2.03. The molecule has 0 aliphatic rings. The third kappa shape index (κ3) is 10.8. The lowest BCUT2D eigenvalue weighted by Crippen LogP contribution is -2.24. The molecule has 0 fully saturated rings. The predicted molar refractivity (Wildman–Crippen MR) is 83.1 cm³/mol. The number of carbonyl (C=O) groups is 2. The Morgan fingerprint density at radius 1 is 1.05 bits per heavy atom. The van der Waals surface area contributed by atoms with Crippen LogP contribution in [0, 0.1) is 11.8 Å². The molecule has 0 saturated heterocycles. The smallest absolute Gasteiger partial charge is 0.220 e. The van der Waals surface area contributed by atoms with E-state index in [2.05, 4.69) is 19.2 Å². The number of amides is 2. The minimum Gasteiger partial charge on any atom is -0.369 e. The van der Waals surface area contributed by atoms with E-state index in [1.54, 1.807) is 0 Å². The van der Waals surface area contributed by atoms with E-state index in [9.17, 15) is 9.59 Å². The molecule has 0 saturated carbocycles. The van der Waals surface area contributed by atoms with Gasteiger partial charge in [-0.3, -0.25) is 9.59 Å². The maximum absolute atomic E-state index is 11.6. The first-order chi connectivity index (χ1) is 9.47. The molecule has 0 spiro atoms. The standard InChI is InChI=1S/C16H32N2O2/c1-4-13(2)9-8-11-15(19)18-12-7-5-6-10-14(3)16(17)20/h13-14H,4-12H2,1-3H3,(H2,17,20)(H,18,19)/t13-,14+/m0/s1. The number of nitrogens with one attached hydrogen (secondary N) is 1. The molecule has 0 aliphatic carbocycles. The highest BCUT2D eigenvalue weighted by Crippen LogP contribution is 2.11. The Balaban J connectivity index is 3.37. The first kappa shape index (κ1) is 18.9. The van der Waals surface area contributed by atoms with Gasteiger partial charge in [-0.2, -0.15) is 0 Å². The molecule has 0 unspecified atom stereocenters. The Kier molecular flexibility index (Phi) is 11.1. The summed E-state index contributed by atoms with van der Waals surface area (Å²) >= 11 is 0. The van der Waals surface area contributed by atoms with Crippen molar-refractivity contribution in [2.75, 3.05) is 6.54 Å². The van der Waals surface area contributed by atoms with Gasteiger partial charge in [-0.25, -0.2) is 0 Å². The first-order valence-corrected chi connectivity index (χ1v) is 8.03. The molecular weight excluding hydrogens is 252 g/mol. The van der Waals surface area contributed by atoms with Crippen LogP contribution in [0.1, 0.15) is 72.1 Å². The zero-order valence-electron chi connectivity index (χ0n) is 13.4. The number of primary amides is 1. The van der Waals surface area contributed by atoms with Crippen molar-refractivity contribution in [1.29, 1.82) is 0 Å². The van der Waals surface area contributed by atoms with Crippen molar-refractivity contribution in [1.82, 2.24) is 5.32 Å². The summed E-state index contributed by atoms with van der Waals surface area (Å²) in [6.07, 6.45) is 7.79. The van der Waals surface area contributed by atoms with Gasteiger partial charge in [-0.15, -0.1) is 0 Å². The van der Waals surface area contributed by atoms with Crippen LogP contribution < -0.4 is 11.1 Å². The van der Waals surface area contributed by atoms with E-state index < -0.39 is 0 Å². The number of unbranched alkanes of at least 4 members (excludes halogenated alkanes) is 2. The normalized spacial score (nSPS) is 13.8. The molecule has 0 radical (unpaired) electrons. The summed E-state index contributed by atoms with van der Waals surface area (Å²) in [5.41, 5.74) is 5.20. The molecule has 0 bridgehead atoms. The van der Waals surface area contributed by atoms with Crippen LogP contribution >= 0.6 is 0 Å². The molecule has 2 atom stereocenters. The number of hydrogen-bond donors (Lipinski definition) is 2. The fraction of sp³-hybridized carbons (Fsp3) is 0.875. The lowest BCUT2D eigenvalue weighted by atomic mass is 10.0. The monoisotopic (exact) mass is 284 g/mol. The summed E-state index contributed by atoms with van der Waals surface area (Å²) in [7, 11) is 0. The molecule has 4 nitrogen and oxygen atoms in total. The summed E-state index contributed by atoms with van der Waals surface area (Å²) in [4.78, 5) is 22.4. The highest BCUT2D eigenvalue weighted by Gasteiger charge is 2.07. The molecule has 0 heterocycles. The highest BCUT2D eigenvalue weighted by atomic mass is 16.1. The number of carbonyl (C=O) groups excluding carboxylic acids is 2.